The van der Waals surface area contributed by atoms with Crippen molar-refractivity contribution in [2.45, 2.75) is 122 Å². The lowest BCUT2D eigenvalue weighted by Crippen LogP contribution is -2.60. The second-order valence-corrected chi connectivity index (χ2v) is 21.4. The molecule has 1 aromatic carbocycles. The summed E-state index contributed by atoms with van der Waals surface area (Å²) in [5.41, 5.74) is 1.18. The number of anilines is 2. The molecule has 11 heteroatoms. The van der Waals surface area contributed by atoms with Crippen LogP contribution in [0.5, 0.6) is 5.75 Å². The van der Waals surface area contributed by atoms with Gasteiger partial charge < -0.3 is 25.1 Å². The third kappa shape index (κ3) is 7.97. The van der Waals surface area contributed by atoms with E-state index in [1.807, 2.05) is 0 Å². The molecule has 0 radical (unpaired) electrons. The number of aromatic nitrogens is 2. The van der Waals surface area contributed by atoms with Crippen LogP contribution in [0.3, 0.4) is 0 Å². The number of benzene rings is 1. The van der Waals surface area contributed by atoms with Gasteiger partial charge in [0.05, 0.1) is 6.20 Å². The summed E-state index contributed by atoms with van der Waals surface area (Å²) in [4.78, 5) is 8.94. The molecule has 1 unspecified atom stereocenters. The topological polar surface area (TPSA) is 104 Å². The summed E-state index contributed by atoms with van der Waals surface area (Å²) >= 11 is 0. The zero-order chi connectivity index (χ0) is 34.1. The van der Waals surface area contributed by atoms with Crippen molar-refractivity contribution in [2.24, 2.45) is 29.1 Å². The highest BCUT2D eigenvalue weighted by Crippen LogP contribution is 2.60. The molecule has 3 N–H and O–H groups in total. The minimum atomic E-state index is -2.90. The Bertz CT molecular complexity index is 1440. The third-order valence-corrected chi connectivity index (χ3v) is 16.8. The fraction of sp³-hybridized carbons (Fsp3) is 0.703. The van der Waals surface area contributed by atoms with Crippen molar-refractivity contribution in [1.82, 2.24) is 15.3 Å². The smallest absolute Gasteiger partial charge is 0.387 e. The molecule has 262 valence electrons. The van der Waals surface area contributed by atoms with Gasteiger partial charge in [-0.25, -0.2) is 4.98 Å². The molecule has 5 saturated carbocycles. The van der Waals surface area contributed by atoms with Crippen molar-refractivity contribution in [1.29, 1.82) is 5.26 Å². The fourth-order valence-electron chi connectivity index (χ4n) is 9.08. The molecule has 5 atom stereocenters. The number of nitrogens with zero attached hydrogens (tertiary/aromatic N) is 3. The molecule has 48 heavy (non-hydrogen) atoms. The largest absolute Gasteiger partial charge is 0.434 e. The van der Waals surface area contributed by atoms with E-state index in [0.29, 0.717) is 46.9 Å². The quantitative estimate of drug-likeness (QED) is 0.182. The number of alkyl halides is 2. The first-order chi connectivity index (χ1) is 22.8. The van der Waals surface area contributed by atoms with Gasteiger partial charge in [0, 0.05) is 30.8 Å². The Balaban J connectivity index is 1.02. The zero-order valence-corrected chi connectivity index (χ0v) is 30.3. The molecule has 0 amide bonds. The Kier molecular flexibility index (Phi) is 10.4. The van der Waals surface area contributed by atoms with Gasteiger partial charge in [-0.2, -0.15) is 19.0 Å². The van der Waals surface area contributed by atoms with Gasteiger partial charge in [0.2, 0.25) is 5.95 Å². The minimum Gasteiger partial charge on any atom is -0.434 e. The van der Waals surface area contributed by atoms with E-state index in [2.05, 4.69) is 70.6 Å². The lowest BCUT2D eigenvalue weighted by molar-refractivity contribution is -0.0704. The monoisotopic (exact) mass is 680 g/mol. The molecule has 5 fully saturated rings. The summed E-state index contributed by atoms with van der Waals surface area (Å²) in [5, 5.41) is 20.8. The van der Waals surface area contributed by atoms with Crippen LogP contribution in [0, 0.1) is 40.4 Å². The lowest BCUT2D eigenvalue weighted by atomic mass is 9.48. The van der Waals surface area contributed by atoms with E-state index in [4.69, 9.17) is 4.43 Å². The van der Waals surface area contributed by atoms with Crippen molar-refractivity contribution in [2.75, 3.05) is 23.7 Å². The van der Waals surface area contributed by atoms with E-state index in [1.54, 1.807) is 18.2 Å². The predicted octanol–water partition coefficient (Wildman–Crippen LogP) is 8.34. The number of rotatable bonds is 13. The molecule has 5 aliphatic rings. The van der Waals surface area contributed by atoms with E-state index in [1.165, 1.54) is 70.1 Å². The second kappa shape index (κ2) is 14.2. The summed E-state index contributed by atoms with van der Waals surface area (Å²) in [5.74, 6) is 3.88. The van der Waals surface area contributed by atoms with Gasteiger partial charge in [-0.3, -0.25) is 0 Å². The summed E-state index contributed by atoms with van der Waals surface area (Å²) in [6.07, 6.45) is 13.2. The van der Waals surface area contributed by atoms with Crippen LogP contribution in [-0.2, 0) is 11.0 Å². The molecular formula is C37H54F2N6O2Si. The van der Waals surface area contributed by atoms with Crippen LogP contribution in [0.2, 0.25) is 18.1 Å². The van der Waals surface area contributed by atoms with Crippen molar-refractivity contribution < 1.29 is 17.9 Å². The fourth-order valence-corrected chi connectivity index (χ4v) is 10.5. The highest BCUT2D eigenvalue weighted by molar-refractivity contribution is 6.74. The molecule has 0 spiro atoms. The molecule has 0 aliphatic heterocycles. The van der Waals surface area contributed by atoms with Gasteiger partial charge in [0.15, 0.2) is 8.32 Å². The average molecular weight is 681 g/mol. The van der Waals surface area contributed by atoms with Crippen LogP contribution in [0.1, 0.15) is 89.7 Å². The van der Waals surface area contributed by atoms with Gasteiger partial charge in [0.25, 0.3) is 0 Å². The summed E-state index contributed by atoms with van der Waals surface area (Å²) in [6.45, 7) is 11.0. The van der Waals surface area contributed by atoms with Gasteiger partial charge in [-0.05, 0) is 118 Å². The maximum Gasteiger partial charge on any atom is 0.387 e. The Labute approximate surface area is 286 Å². The van der Waals surface area contributed by atoms with Crippen molar-refractivity contribution in [3.63, 3.8) is 0 Å². The number of halogens is 2. The molecule has 8 nitrogen and oxygen atoms in total. The van der Waals surface area contributed by atoms with E-state index in [-0.39, 0.29) is 22.7 Å². The summed E-state index contributed by atoms with van der Waals surface area (Å²) in [6, 6.07) is 9.49. The molecule has 1 aromatic heterocycles. The molecule has 7 rings (SSSR count). The van der Waals surface area contributed by atoms with E-state index >= 15 is 0 Å². The highest BCUT2D eigenvalue weighted by Gasteiger charge is 2.55. The van der Waals surface area contributed by atoms with E-state index < -0.39 is 14.9 Å². The van der Waals surface area contributed by atoms with Crippen LogP contribution < -0.4 is 20.7 Å². The molecule has 5 aliphatic carbocycles. The number of nitrogens with one attached hydrogen (secondary N) is 3. The molecule has 4 bridgehead atoms. The van der Waals surface area contributed by atoms with E-state index in [0.717, 1.165) is 24.9 Å². The van der Waals surface area contributed by atoms with Gasteiger partial charge >= 0.3 is 6.61 Å². The first kappa shape index (κ1) is 35.0. The predicted molar refractivity (Wildman–Crippen MR) is 187 cm³/mol. The summed E-state index contributed by atoms with van der Waals surface area (Å²) < 4.78 is 37.1. The van der Waals surface area contributed by atoms with Crippen LogP contribution in [0.15, 0.2) is 30.5 Å². The normalized spacial score (nSPS) is 29.9. The number of ether oxygens (including phenoxy) is 1. The van der Waals surface area contributed by atoms with Gasteiger partial charge in [-0.15, -0.1) is 0 Å². The molecule has 1 heterocycles. The zero-order valence-electron chi connectivity index (χ0n) is 29.3. The van der Waals surface area contributed by atoms with Crippen LogP contribution >= 0.6 is 0 Å². The van der Waals surface area contributed by atoms with Crippen LogP contribution in [0.4, 0.5) is 20.5 Å². The molecular weight excluding hydrogens is 627 g/mol. The lowest BCUT2D eigenvalue weighted by Gasteiger charge is -2.60. The van der Waals surface area contributed by atoms with Crippen molar-refractivity contribution in [3.05, 3.63) is 41.6 Å². The Morgan fingerprint density at radius 3 is 2.42 bits per heavy atom. The SMILES string of the molecule is CC(C)(C)[Si](C)(C)O[C@H]1CC[C@H](CN[C@@H]2[C@@H]3CC4C[C@H]2C[C@@](CNc2nc(NCc5ccccc5OC(F)F)ncc2C#N)(C4)C3)CC1. The standard InChI is InChI=1S/C37H54F2N6O2Si/c1-36(2,3)48(4,5)47-30-12-10-24(11-13-30)20-41-32-27-14-25-15-28(32)18-37(16-25,17-27)23-44-33-29(19-40)22-43-35(45-33)42-21-26-8-6-7-9-31(26)46-34(38)39/h6-9,22,24-25,27-28,30,32,34,41H,10-18,20-21,23H2,1-5H3,(H2,42,43,44,45)/t24-,25?,27-,28+,30-,32-,37-. The Morgan fingerprint density at radius 1 is 1.04 bits per heavy atom. The molecule has 2 aromatic rings. The first-order valence-electron chi connectivity index (χ1n) is 18.0. The van der Waals surface area contributed by atoms with Gasteiger partial charge in [-0.1, -0.05) is 39.0 Å². The van der Waals surface area contributed by atoms with E-state index in [9.17, 15) is 14.0 Å². The number of hydrogen-bond acceptors (Lipinski definition) is 8. The number of nitriles is 1. The maximum absolute atomic E-state index is 12.9. The van der Waals surface area contributed by atoms with Gasteiger partial charge in [0.1, 0.15) is 23.2 Å². The van der Waals surface area contributed by atoms with Crippen molar-refractivity contribution in [3.8, 4) is 11.8 Å². The Morgan fingerprint density at radius 2 is 1.75 bits per heavy atom. The highest BCUT2D eigenvalue weighted by atomic mass is 28.4. The van der Waals surface area contributed by atoms with Crippen molar-refractivity contribution >= 4 is 20.1 Å². The summed E-state index contributed by atoms with van der Waals surface area (Å²) in [7, 11) is -1.72. The maximum atomic E-state index is 12.9. The van der Waals surface area contributed by atoms with Crippen LogP contribution in [0.25, 0.3) is 0 Å². The second-order valence-electron chi connectivity index (χ2n) is 16.7. The first-order valence-corrected chi connectivity index (χ1v) is 20.9. The number of para-hydroxylation sites is 1. The average Bonchev–Trinajstić information content (AvgIpc) is 3.02. The van der Waals surface area contributed by atoms with Crippen LogP contribution in [-0.4, -0.2) is 50.1 Å². The molecule has 0 saturated heterocycles. The Hall–Kier alpha value is -2.81. The third-order valence-electron chi connectivity index (χ3n) is 12.3. The minimum absolute atomic E-state index is 0.112. The number of hydrogen-bond donors (Lipinski definition) is 3.